The summed E-state index contributed by atoms with van der Waals surface area (Å²) in [6.07, 6.45) is 5.69. The van der Waals surface area contributed by atoms with Gasteiger partial charge < -0.3 is 10.2 Å². The van der Waals surface area contributed by atoms with E-state index in [-0.39, 0.29) is 0 Å². The Balaban J connectivity index is 2.22. The molecule has 0 bridgehead atoms. The lowest BCUT2D eigenvalue weighted by molar-refractivity contribution is -0.193. The molecule has 2 N–H and O–H groups in total. The number of carboxylic acid groups (broad SMARTS) is 1. The highest BCUT2D eigenvalue weighted by Gasteiger charge is 2.59. The Morgan fingerprint density at radius 3 is 2.33 bits per heavy atom. The van der Waals surface area contributed by atoms with Gasteiger partial charge in [-0.15, -0.1) is 0 Å². The number of carboxylic acids is 1. The number of aliphatic carboxylic acids is 1. The molecule has 2 atom stereocenters. The second-order valence-electron chi connectivity index (χ2n) is 5.47. The first-order chi connectivity index (χ1) is 7.00. The van der Waals surface area contributed by atoms with Crippen molar-refractivity contribution in [3.05, 3.63) is 0 Å². The second kappa shape index (κ2) is 3.48. The molecule has 0 aromatic carbocycles. The lowest BCUT2D eigenvalue weighted by atomic mass is 9.54. The van der Waals surface area contributed by atoms with Gasteiger partial charge in [0.1, 0.15) is 0 Å². The Morgan fingerprint density at radius 2 is 1.93 bits per heavy atom. The molecular weight excluding hydrogens is 192 g/mol. The topological polar surface area (TPSA) is 57.5 Å². The SMILES string of the molecule is CC1CCCC(O)(C2(C(=O)O)CCC2)C1. The summed E-state index contributed by atoms with van der Waals surface area (Å²) < 4.78 is 0. The summed E-state index contributed by atoms with van der Waals surface area (Å²) in [7, 11) is 0. The van der Waals surface area contributed by atoms with Crippen molar-refractivity contribution in [2.45, 2.75) is 57.5 Å². The molecule has 86 valence electrons. The predicted octanol–water partition coefficient (Wildman–Crippen LogP) is 2.18. The minimum atomic E-state index is -0.936. The summed E-state index contributed by atoms with van der Waals surface area (Å²) in [6, 6.07) is 0. The maximum Gasteiger partial charge on any atom is 0.312 e. The third kappa shape index (κ3) is 1.48. The molecular formula is C12H20O3. The molecule has 2 saturated carbocycles. The molecule has 3 heteroatoms. The molecule has 0 aromatic rings. The monoisotopic (exact) mass is 212 g/mol. The quantitative estimate of drug-likeness (QED) is 0.737. The molecule has 2 aliphatic rings. The van der Waals surface area contributed by atoms with Crippen LogP contribution in [0.2, 0.25) is 0 Å². The van der Waals surface area contributed by atoms with Crippen molar-refractivity contribution in [3.8, 4) is 0 Å². The van der Waals surface area contributed by atoms with Crippen LogP contribution in [0.3, 0.4) is 0 Å². The smallest absolute Gasteiger partial charge is 0.312 e. The van der Waals surface area contributed by atoms with Crippen LogP contribution in [0.1, 0.15) is 51.9 Å². The van der Waals surface area contributed by atoms with Crippen molar-refractivity contribution in [2.24, 2.45) is 11.3 Å². The fraction of sp³-hybridized carbons (Fsp3) is 0.917. The molecule has 2 fully saturated rings. The van der Waals surface area contributed by atoms with Gasteiger partial charge in [-0.3, -0.25) is 4.79 Å². The van der Waals surface area contributed by atoms with Crippen LogP contribution in [0.15, 0.2) is 0 Å². The first kappa shape index (κ1) is 10.9. The van der Waals surface area contributed by atoms with Gasteiger partial charge in [0.25, 0.3) is 0 Å². The average molecular weight is 212 g/mol. The van der Waals surface area contributed by atoms with Crippen molar-refractivity contribution in [2.75, 3.05) is 0 Å². The van der Waals surface area contributed by atoms with E-state index >= 15 is 0 Å². The average Bonchev–Trinajstić information content (AvgIpc) is 1.98. The second-order valence-corrected chi connectivity index (χ2v) is 5.47. The lowest BCUT2D eigenvalue weighted by Gasteiger charge is -2.52. The number of hydrogen-bond donors (Lipinski definition) is 2. The highest BCUT2D eigenvalue weighted by molar-refractivity contribution is 5.77. The van der Waals surface area contributed by atoms with Crippen LogP contribution in [-0.2, 0) is 4.79 Å². The molecule has 0 aromatic heterocycles. The Labute approximate surface area is 90.5 Å². The number of carbonyl (C=O) groups is 1. The Kier molecular flexibility index (Phi) is 2.53. The fourth-order valence-electron chi connectivity index (χ4n) is 3.37. The molecule has 2 aliphatic carbocycles. The standard InChI is InChI=1S/C12H20O3/c1-9-4-2-7-12(15,8-9)11(10(13)14)5-3-6-11/h9,15H,2-8H2,1H3,(H,13,14). The van der Waals surface area contributed by atoms with Gasteiger partial charge in [-0.05, 0) is 31.6 Å². The lowest BCUT2D eigenvalue weighted by Crippen LogP contribution is -2.58. The molecule has 0 heterocycles. The van der Waals surface area contributed by atoms with Gasteiger partial charge in [0.2, 0.25) is 0 Å². The molecule has 15 heavy (non-hydrogen) atoms. The summed E-state index contributed by atoms with van der Waals surface area (Å²) in [4.78, 5) is 11.4. The van der Waals surface area contributed by atoms with E-state index in [0.29, 0.717) is 31.6 Å². The minimum absolute atomic E-state index is 0.459. The van der Waals surface area contributed by atoms with Crippen LogP contribution in [0.4, 0.5) is 0 Å². The van der Waals surface area contributed by atoms with E-state index in [4.69, 9.17) is 0 Å². The van der Waals surface area contributed by atoms with Gasteiger partial charge in [-0.2, -0.15) is 0 Å². The van der Waals surface area contributed by atoms with Crippen molar-refractivity contribution >= 4 is 5.97 Å². The van der Waals surface area contributed by atoms with Crippen molar-refractivity contribution in [1.29, 1.82) is 0 Å². The zero-order chi connectivity index (χ0) is 11.1. The molecule has 0 spiro atoms. The highest BCUT2D eigenvalue weighted by atomic mass is 16.4. The summed E-state index contributed by atoms with van der Waals surface area (Å²) in [6.45, 7) is 2.11. The maximum absolute atomic E-state index is 11.4. The summed E-state index contributed by atoms with van der Waals surface area (Å²) in [5.74, 6) is -0.328. The zero-order valence-corrected chi connectivity index (χ0v) is 9.33. The van der Waals surface area contributed by atoms with E-state index in [0.717, 1.165) is 19.3 Å². The van der Waals surface area contributed by atoms with E-state index in [1.165, 1.54) is 0 Å². The van der Waals surface area contributed by atoms with Crippen LogP contribution >= 0.6 is 0 Å². The molecule has 0 aliphatic heterocycles. The molecule has 0 radical (unpaired) electrons. The van der Waals surface area contributed by atoms with E-state index in [1.807, 2.05) is 0 Å². The number of rotatable bonds is 2. The van der Waals surface area contributed by atoms with Crippen molar-refractivity contribution in [3.63, 3.8) is 0 Å². The van der Waals surface area contributed by atoms with Gasteiger partial charge in [-0.25, -0.2) is 0 Å². The third-order valence-corrected chi connectivity index (χ3v) is 4.48. The fourth-order valence-corrected chi connectivity index (χ4v) is 3.37. The van der Waals surface area contributed by atoms with E-state index in [1.54, 1.807) is 0 Å². The minimum Gasteiger partial charge on any atom is -0.481 e. The third-order valence-electron chi connectivity index (χ3n) is 4.48. The van der Waals surface area contributed by atoms with Gasteiger partial charge in [-0.1, -0.05) is 26.2 Å². The largest absolute Gasteiger partial charge is 0.481 e. The molecule has 2 rings (SSSR count). The van der Waals surface area contributed by atoms with Gasteiger partial charge in [0.15, 0.2) is 0 Å². The maximum atomic E-state index is 11.4. The summed E-state index contributed by atoms with van der Waals surface area (Å²) >= 11 is 0. The molecule has 2 unspecified atom stereocenters. The van der Waals surface area contributed by atoms with Crippen LogP contribution < -0.4 is 0 Å². The van der Waals surface area contributed by atoms with E-state index in [2.05, 4.69) is 6.92 Å². The first-order valence-electron chi connectivity index (χ1n) is 5.96. The highest BCUT2D eigenvalue weighted by Crippen LogP contribution is 2.55. The Morgan fingerprint density at radius 1 is 1.27 bits per heavy atom. The first-order valence-corrected chi connectivity index (χ1v) is 5.96. The van der Waals surface area contributed by atoms with Gasteiger partial charge in [0.05, 0.1) is 11.0 Å². The van der Waals surface area contributed by atoms with Crippen LogP contribution in [0.25, 0.3) is 0 Å². The molecule has 0 saturated heterocycles. The number of aliphatic hydroxyl groups is 1. The van der Waals surface area contributed by atoms with Crippen LogP contribution in [-0.4, -0.2) is 21.8 Å². The van der Waals surface area contributed by atoms with Gasteiger partial charge >= 0.3 is 5.97 Å². The van der Waals surface area contributed by atoms with Gasteiger partial charge in [0, 0.05) is 0 Å². The summed E-state index contributed by atoms with van der Waals surface area (Å²) in [5, 5.41) is 19.9. The molecule has 0 amide bonds. The summed E-state index contributed by atoms with van der Waals surface area (Å²) in [5.41, 5.74) is -1.75. The van der Waals surface area contributed by atoms with Crippen molar-refractivity contribution < 1.29 is 15.0 Å². The zero-order valence-electron chi connectivity index (χ0n) is 9.33. The van der Waals surface area contributed by atoms with E-state index < -0.39 is 17.0 Å². The van der Waals surface area contributed by atoms with Crippen LogP contribution in [0, 0.1) is 11.3 Å². The Bertz CT molecular complexity index is 270. The number of hydrogen-bond acceptors (Lipinski definition) is 2. The molecule has 3 nitrogen and oxygen atoms in total. The predicted molar refractivity (Wildman–Crippen MR) is 56.5 cm³/mol. The van der Waals surface area contributed by atoms with Crippen LogP contribution in [0.5, 0.6) is 0 Å². The van der Waals surface area contributed by atoms with E-state index in [9.17, 15) is 15.0 Å². The normalized spacial score (nSPS) is 39.5. The Hall–Kier alpha value is -0.570. The van der Waals surface area contributed by atoms with Crippen molar-refractivity contribution in [1.82, 2.24) is 0 Å².